The van der Waals surface area contributed by atoms with Gasteiger partial charge in [0, 0.05) is 19.2 Å². The van der Waals surface area contributed by atoms with Crippen molar-refractivity contribution in [3.8, 4) is 11.5 Å². The largest absolute Gasteiger partial charge is 0.463 e. The van der Waals surface area contributed by atoms with Crippen LogP contribution < -0.4 is 5.32 Å². The van der Waals surface area contributed by atoms with E-state index in [1.54, 1.807) is 24.5 Å². The fourth-order valence-electron chi connectivity index (χ4n) is 1.63. The fourth-order valence-corrected chi connectivity index (χ4v) is 1.63. The molecule has 0 spiro atoms. The molecule has 2 aromatic heterocycles. The molecule has 0 radical (unpaired) electrons. The molecule has 7 heteroatoms. The van der Waals surface area contributed by atoms with Crippen LogP contribution in [0.2, 0.25) is 0 Å². The van der Waals surface area contributed by atoms with Crippen molar-refractivity contribution in [3.63, 3.8) is 0 Å². The van der Waals surface area contributed by atoms with Crippen LogP contribution in [0.5, 0.6) is 0 Å². The van der Waals surface area contributed by atoms with E-state index in [1.807, 2.05) is 0 Å². The number of carbonyl (C=O) groups excluding carboxylic acids is 1. The first-order valence-corrected chi connectivity index (χ1v) is 6.37. The molecule has 2 heterocycles. The summed E-state index contributed by atoms with van der Waals surface area (Å²) in [6.45, 7) is 1.32. The number of hydrogen-bond donors (Lipinski definition) is 3. The zero-order valence-corrected chi connectivity index (χ0v) is 11.0. The van der Waals surface area contributed by atoms with Crippen LogP contribution in [0.1, 0.15) is 16.9 Å². The first-order valence-electron chi connectivity index (χ1n) is 6.37. The second-order valence-corrected chi connectivity index (χ2v) is 4.09. The number of nitrogens with zero attached hydrogens (tertiary/aromatic N) is 1. The lowest BCUT2D eigenvalue weighted by atomic mass is 10.3. The van der Waals surface area contributed by atoms with Crippen LogP contribution in [-0.2, 0) is 4.74 Å². The van der Waals surface area contributed by atoms with Crippen molar-refractivity contribution in [2.24, 2.45) is 0 Å². The van der Waals surface area contributed by atoms with Crippen molar-refractivity contribution in [1.82, 2.24) is 15.5 Å². The number of aromatic nitrogens is 2. The summed E-state index contributed by atoms with van der Waals surface area (Å²) in [6.07, 6.45) is 2.24. The first-order chi connectivity index (χ1) is 9.81. The lowest BCUT2D eigenvalue weighted by Crippen LogP contribution is -2.25. The number of amides is 1. The van der Waals surface area contributed by atoms with Gasteiger partial charge in [0.05, 0.1) is 19.5 Å². The SMILES string of the molecule is O=C(NCCCOCCO)c1cc(-c2ccco2)[nH]n1. The number of ether oxygens (including phenoxy) is 1. The number of furan rings is 1. The molecule has 20 heavy (non-hydrogen) atoms. The highest BCUT2D eigenvalue weighted by Crippen LogP contribution is 2.17. The van der Waals surface area contributed by atoms with Gasteiger partial charge in [-0.25, -0.2) is 0 Å². The van der Waals surface area contributed by atoms with E-state index in [0.717, 1.165) is 0 Å². The van der Waals surface area contributed by atoms with Crippen molar-refractivity contribution >= 4 is 5.91 Å². The smallest absolute Gasteiger partial charge is 0.271 e. The van der Waals surface area contributed by atoms with Crippen LogP contribution >= 0.6 is 0 Å². The Morgan fingerprint density at radius 3 is 3.15 bits per heavy atom. The Hall–Kier alpha value is -2.12. The van der Waals surface area contributed by atoms with Crippen LogP contribution in [0.3, 0.4) is 0 Å². The molecule has 7 nitrogen and oxygen atoms in total. The number of hydrogen-bond acceptors (Lipinski definition) is 5. The summed E-state index contributed by atoms with van der Waals surface area (Å²) >= 11 is 0. The van der Waals surface area contributed by atoms with E-state index in [1.165, 1.54) is 0 Å². The minimum Gasteiger partial charge on any atom is -0.463 e. The van der Waals surface area contributed by atoms with Crippen molar-refractivity contribution in [2.45, 2.75) is 6.42 Å². The van der Waals surface area contributed by atoms with Gasteiger partial charge in [-0.2, -0.15) is 5.10 Å². The van der Waals surface area contributed by atoms with E-state index >= 15 is 0 Å². The predicted molar refractivity (Wildman–Crippen MR) is 71.1 cm³/mol. The van der Waals surface area contributed by atoms with Gasteiger partial charge in [0.2, 0.25) is 0 Å². The third-order valence-corrected chi connectivity index (χ3v) is 2.58. The lowest BCUT2D eigenvalue weighted by Gasteiger charge is -2.03. The Balaban J connectivity index is 1.76. The summed E-state index contributed by atoms with van der Waals surface area (Å²) < 4.78 is 10.3. The van der Waals surface area contributed by atoms with E-state index in [4.69, 9.17) is 14.3 Å². The number of rotatable bonds is 8. The molecule has 0 unspecified atom stereocenters. The maximum atomic E-state index is 11.8. The molecule has 0 aliphatic heterocycles. The van der Waals surface area contributed by atoms with E-state index < -0.39 is 0 Å². The Morgan fingerprint density at radius 2 is 2.40 bits per heavy atom. The van der Waals surface area contributed by atoms with Gasteiger partial charge in [-0.1, -0.05) is 0 Å². The summed E-state index contributed by atoms with van der Waals surface area (Å²) in [7, 11) is 0. The molecule has 1 amide bonds. The Morgan fingerprint density at radius 1 is 1.50 bits per heavy atom. The van der Waals surface area contributed by atoms with Gasteiger partial charge < -0.3 is 19.6 Å². The van der Waals surface area contributed by atoms with E-state index in [-0.39, 0.29) is 12.5 Å². The summed E-state index contributed by atoms with van der Waals surface area (Å²) in [5.41, 5.74) is 0.971. The molecule has 0 fully saturated rings. The molecule has 0 atom stereocenters. The molecule has 0 aliphatic carbocycles. The normalized spacial score (nSPS) is 10.7. The second kappa shape index (κ2) is 7.46. The zero-order chi connectivity index (χ0) is 14.2. The topological polar surface area (TPSA) is 100 Å². The van der Waals surface area contributed by atoms with Gasteiger partial charge >= 0.3 is 0 Å². The van der Waals surface area contributed by atoms with Crippen molar-refractivity contribution in [2.75, 3.05) is 26.4 Å². The number of aromatic amines is 1. The quantitative estimate of drug-likeness (QED) is 0.620. The molecule has 2 aromatic rings. The summed E-state index contributed by atoms with van der Waals surface area (Å²) in [5, 5.41) is 18.0. The van der Waals surface area contributed by atoms with Crippen LogP contribution in [0.15, 0.2) is 28.9 Å². The number of nitrogens with one attached hydrogen (secondary N) is 2. The number of aliphatic hydroxyl groups excluding tert-OH is 1. The van der Waals surface area contributed by atoms with Gasteiger partial charge in [0.1, 0.15) is 5.69 Å². The molecule has 0 saturated heterocycles. The summed E-state index contributed by atoms with van der Waals surface area (Å²) in [4.78, 5) is 11.8. The van der Waals surface area contributed by atoms with Gasteiger partial charge in [-0.15, -0.1) is 0 Å². The van der Waals surface area contributed by atoms with Gasteiger partial charge in [-0.3, -0.25) is 9.89 Å². The zero-order valence-electron chi connectivity index (χ0n) is 11.0. The minimum absolute atomic E-state index is 0.00911. The predicted octanol–water partition coefficient (Wildman–Crippen LogP) is 0.798. The van der Waals surface area contributed by atoms with E-state index in [9.17, 15) is 4.79 Å². The molecule has 0 aliphatic rings. The second-order valence-electron chi connectivity index (χ2n) is 4.09. The average Bonchev–Trinajstić information content (AvgIpc) is 3.12. The fraction of sp³-hybridized carbons (Fsp3) is 0.385. The van der Waals surface area contributed by atoms with Gasteiger partial charge in [0.15, 0.2) is 11.5 Å². The molecule has 2 rings (SSSR count). The van der Waals surface area contributed by atoms with Crippen molar-refractivity contribution < 1.29 is 19.1 Å². The Bertz CT molecular complexity index is 521. The van der Waals surface area contributed by atoms with Crippen LogP contribution in [-0.4, -0.2) is 47.6 Å². The van der Waals surface area contributed by atoms with E-state index in [2.05, 4.69) is 15.5 Å². The first kappa shape index (κ1) is 14.3. The molecule has 108 valence electrons. The third-order valence-electron chi connectivity index (χ3n) is 2.58. The van der Waals surface area contributed by atoms with Crippen molar-refractivity contribution in [3.05, 3.63) is 30.2 Å². The maximum Gasteiger partial charge on any atom is 0.271 e. The molecule has 0 aromatic carbocycles. The Kier molecular flexibility index (Phi) is 5.33. The monoisotopic (exact) mass is 279 g/mol. The maximum absolute atomic E-state index is 11.8. The number of aliphatic hydroxyl groups is 1. The summed E-state index contributed by atoms with van der Waals surface area (Å²) in [6, 6.07) is 5.19. The Labute approximate surface area is 115 Å². The molecule has 3 N–H and O–H groups in total. The van der Waals surface area contributed by atoms with Crippen LogP contribution in [0.4, 0.5) is 0 Å². The highest BCUT2D eigenvalue weighted by atomic mass is 16.5. The molecule has 0 bridgehead atoms. The number of carbonyl (C=O) groups is 1. The minimum atomic E-state index is -0.249. The molecular weight excluding hydrogens is 262 g/mol. The van der Waals surface area contributed by atoms with E-state index in [0.29, 0.717) is 43.3 Å². The van der Waals surface area contributed by atoms with Crippen LogP contribution in [0.25, 0.3) is 11.5 Å². The van der Waals surface area contributed by atoms with Gasteiger partial charge in [0.25, 0.3) is 5.91 Å². The van der Waals surface area contributed by atoms with Crippen molar-refractivity contribution in [1.29, 1.82) is 0 Å². The third kappa shape index (κ3) is 3.94. The standard InChI is InChI=1S/C13H17N3O4/c17-5-8-19-6-2-4-14-13(18)11-9-10(15-16-11)12-3-1-7-20-12/h1,3,7,9,17H,2,4-6,8H2,(H,14,18)(H,15,16). The van der Waals surface area contributed by atoms with Crippen LogP contribution in [0, 0.1) is 0 Å². The summed E-state index contributed by atoms with van der Waals surface area (Å²) in [5.74, 6) is 0.384. The average molecular weight is 279 g/mol. The van der Waals surface area contributed by atoms with Gasteiger partial charge in [-0.05, 0) is 18.6 Å². The highest BCUT2D eigenvalue weighted by molar-refractivity contribution is 5.93. The molecular formula is C13H17N3O4. The number of H-pyrrole nitrogens is 1. The molecule has 0 saturated carbocycles. The lowest BCUT2D eigenvalue weighted by molar-refractivity contribution is 0.0865. The highest BCUT2D eigenvalue weighted by Gasteiger charge is 2.11.